The molecule has 0 amide bonds. The Balaban J connectivity index is 1.53. The Labute approximate surface area is 229 Å². The van der Waals surface area contributed by atoms with Crippen molar-refractivity contribution >= 4 is 39.8 Å². The van der Waals surface area contributed by atoms with E-state index in [-0.39, 0.29) is 11.6 Å². The Hall–Kier alpha value is -4.31. The predicted molar refractivity (Wildman–Crippen MR) is 153 cm³/mol. The minimum atomic E-state index is -0.642. The summed E-state index contributed by atoms with van der Waals surface area (Å²) in [7, 11) is 5.67. The minimum Gasteiger partial charge on any atom is -0.376 e. The Morgan fingerprint density at radius 2 is 2.00 bits per heavy atom. The summed E-state index contributed by atoms with van der Waals surface area (Å²) in [5.41, 5.74) is 4.90. The maximum atomic E-state index is 16.5. The quantitative estimate of drug-likeness (QED) is 0.280. The van der Waals surface area contributed by atoms with E-state index >= 15 is 4.39 Å². The van der Waals surface area contributed by atoms with E-state index in [0.29, 0.717) is 38.4 Å². The summed E-state index contributed by atoms with van der Waals surface area (Å²) in [6.45, 7) is 5.50. The second-order valence-electron chi connectivity index (χ2n) is 10.2. The van der Waals surface area contributed by atoms with Crippen LogP contribution in [0.2, 0.25) is 0 Å². The van der Waals surface area contributed by atoms with Gasteiger partial charge < -0.3 is 15.2 Å². The molecule has 0 aliphatic carbocycles. The lowest BCUT2D eigenvalue weighted by Crippen LogP contribution is -2.39. The third-order valence-corrected chi connectivity index (χ3v) is 8.73. The number of aromatic nitrogens is 5. The number of hydrogen-bond donors (Lipinski definition) is 2. The number of hydrogen-bond acceptors (Lipinski definition) is 7. The van der Waals surface area contributed by atoms with E-state index in [2.05, 4.69) is 15.3 Å². The van der Waals surface area contributed by atoms with Crippen LogP contribution < -0.4 is 10.2 Å². The van der Waals surface area contributed by atoms with Gasteiger partial charge in [-0.25, -0.2) is 9.37 Å². The molecular weight excluding hydrogens is 513 g/mol. The number of nitrogens with one attached hydrogen (secondary N) is 2. The van der Waals surface area contributed by atoms with Crippen LogP contribution in [-0.2, 0) is 12.6 Å². The van der Waals surface area contributed by atoms with Crippen molar-refractivity contribution in [3.05, 3.63) is 75.4 Å². The monoisotopic (exact) mass is 541 g/mol. The van der Waals surface area contributed by atoms with Gasteiger partial charge in [-0.2, -0.15) is 5.10 Å². The van der Waals surface area contributed by atoms with Crippen molar-refractivity contribution < 1.29 is 9.18 Å². The fourth-order valence-electron chi connectivity index (χ4n) is 5.17. The Kier molecular flexibility index (Phi) is 5.69. The van der Waals surface area contributed by atoms with E-state index in [4.69, 9.17) is 10.1 Å². The molecular formula is C29H28FN7OS. The summed E-state index contributed by atoms with van der Waals surface area (Å²) in [6, 6.07) is 7.69. The standard InChI is InChI=1S/C29H28FN7OS/c1-15-11-20-24(25(30)23(15)17-12-18(36(4)5)14-31-13-17)26(35-37(20)6)28-33-19-9-10-32-29(3,27(19)34-28)22-8-7-21(39-22)16(2)38/h7-14,32H,1-6H3,(H,33,34). The average molecular weight is 542 g/mol. The largest absolute Gasteiger partial charge is 0.376 e. The van der Waals surface area contributed by atoms with Crippen molar-refractivity contribution in [2.45, 2.75) is 26.3 Å². The van der Waals surface area contributed by atoms with E-state index in [1.54, 1.807) is 24.0 Å². The molecule has 6 rings (SSSR count). The summed E-state index contributed by atoms with van der Waals surface area (Å²) >= 11 is 1.45. The van der Waals surface area contributed by atoms with Gasteiger partial charge in [0.2, 0.25) is 0 Å². The van der Waals surface area contributed by atoms with E-state index in [1.807, 2.05) is 76.4 Å². The highest BCUT2D eigenvalue weighted by Crippen LogP contribution is 2.41. The third kappa shape index (κ3) is 3.85. The molecule has 5 heterocycles. The van der Waals surface area contributed by atoms with E-state index in [9.17, 15) is 4.79 Å². The number of fused-ring (bicyclic) bond motifs is 2. The van der Waals surface area contributed by atoms with Crippen LogP contribution in [0.1, 0.15) is 45.3 Å². The summed E-state index contributed by atoms with van der Waals surface area (Å²) in [5.74, 6) is 0.142. The first-order valence-electron chi connectivity index (χ1n) is 12.5. The highest BCUT2D eigenvalue weighted by atomic mass is 32.1. The van der Waals surface area contributed by atoms with Crippen LogP contribution in [-0.4, -0.2) is 44.6 Å². The number of H-pyrrole nitrogens is 1. The maximum Gasteiger partial charge on any atom is 0.169 e. The van der Waals surface area contributed by atoms with Crippen molar-refractivity contribution in [1.82, 2.24) is 30.0 Å². The number of aromatic amines is 1. The van der Waals surface area contributed by atoms with Gasteiger partial charge in [-0.05, 0) is 62.9 Å². The highest BCUT2D eigenvalue weighted by molar-refractivity contribution is 7.14. The number of carbonyl (C=O) groups excluding carboxylic acids is 1. The number of benzene rings is 1. The van der Waals surface area contributed by atoms with Crippen molar-refractivity contribution in [2.24, 2.45) is 7.05 Å². The van der Waals surface area contributed by atoms with Crippen LogP contribution in [0.25, 0.3) is 39.6 Å². The number of imidazole rings is 1. The molecule has 4 aromatic heterocycles. The second-order valence-corrected chi connectivity index (χ2v) is 11.3. The summed E-state index contributed by atoms with van der Waals surface area (Å²) in [6.07, 6.45) is 7.17. The zero-order chi connectivity index (χ0) is 27.6. The molecule has 0 saturated heterocycles. The van der Waals surface area contributed by atoms with Gasteiger partial charge in [0.1, 0.15) is 17.1 Å². The summed E-state index contributed by atoms with van der Waals surface area (Å²) in [5, 5.41) is 8.53. The van der Waals surface area contributed by atoms with Gasteiger partial charge in [0.15, 0.2) is 11.6 Å². The molecule has 2 N–H and O–H groups in total. The molecule has 1 aliphatic rings. The molecule has 39 heavy (non-hydrogen) atoms. The van der Waals surface area contributed by atoms with Crippen molar-refractivity contribution in [3.63, 3.8) is 0 Å². The van der Waals surface area contributed by atoms with Crippen LogP contribution in [0, 0.1) is 12.7 Å². The molecule has 1 unspecified atom stereocenters. The van der Waals surface area contributed by atoms with Gasteiger partial charge in [-0.15, -0.1) is 11.3 Å². The highest BCUT2D eigenvalue weighted by Gasteiger charge is 2.37. The fourth-order valence-corrected chi connectivity index (χ4v) is 6.19. The van der Waals surface area contributed by atoms with Crippen molar-refractivity contribution in [1.29, 1.82) is 0 Å². The number of halogens is 1. The van der Waals surface area contributed by atoms with Crippen molar-refractivity contribution in [3.8, 4) is 22.6 Å². The number of aryl methyl sites for hydroxylation is 2. The zero-order valence-electron chi connectivity index (χ0n) is 22.5. The lowest BCUT2D eigenvalue weighted by Gasteiger charge is -2.31. The molecule has 10 heteroatoms. The lowest BCUT2D eigenvalue weighted by molar-refractivity contribution is 0.102. The first-order valence-corrected chi connectivity index (χ1v) is 13.3. The average Bonchev–Trinajstić information content (AvgIpc) is 3.63. The Morgan fingerprint density at radius 3 is 2.72 bits per heavy atom. The molecule has 0 radical (unpaired) electrons. The topological polar surface area (TPSA) is 91.7 Å². The number of carbonyl (C=O) groups is 1. The number of nitrogens with zero attached hydrogens (tertiary/aromatic N) is 5. The molecule has 0 bridgehead atoms. The smallest absolute Gasteiger partial charge is 0.169 e. The summed E-state index contributed by atoms with van der Waals surface area (Å²) < 4.78 is 18.2. The molecule has 5 aromatic rings. The number of pyridine rings is 1. The molecule has 1 aromatic carbocycles. The number of thiophene rings is 1. The van der Waals surface area contributed by atoms with Crippen LogP contribution in [0.5, 0.6) is 0 Å². The Morgan fingerprint density at radius 1 is 1.21 bits per heavy atom. The first-order chi connectivity index (χ1) is 18.6. The van der Waals surface area contributed by atoms with Gasteiger partial charge in [0.05, 0.1) is 39.1 Å². The SMILES string of the molecule is CC(=O)c1ccc(C2(C)NC=Cc3nc(-c4nn(C)c5cc(C)c(-c6cncc(N(C)C)c6)c(F)c45)[nH]c32)s1. The number of rotatable bonds is 5. The van der Waals surface area contributed by atoms with Crippen LogP contribution >= 0.6 is 11.3 Å². The molecule has 1 atom stereocenters. The van der Waals surface area contributed by atoms with Gasteiger partial charge >= 0.3 is 0 Å². The van der Waals surface area contributed by atoms with E-state index < -0.39 is 5.54 Å². The number of Topliss-reactive ketones (excluding diaryl/α,β-unsaturated/α-hetero) is 1. The summed E-state index contributed by atoms with van der Waals surface area (Å²) in [4.78, 5) is 28.2. The van der Waals surface area contributed by atoms with Gasteiger partial charge in [-0.1, -0.05) is 0 Å². The van der Waals surface area contributed by atoms with Gasteiger partial charge in [-0.3, -0.25) is 14.5 Å². The lowest BCUT2D eigenvalue weighted by atomic mass is 9.92. The molecule has 0 saturated carbocycles. The maximum absolute atomic E-state index is 16.5. The van der Waals surface area contributed by atoms with Crippen LogP contribution in [0.4, 0.5) is 10.1 Å². The van der Waals surface area contributed by atoms with E-state index in [1.165, 1.54) is 11.3 Å². The second kappa shape index (κ2) is 8.88. The molecule has 198 valence electrons. The fraction of sp³-hybridized carbons (Fsp3) is 0.241. The molecule has 8 nitrogen and oxygen atoms in total. The molecule has 0 fully saturated rings. The zero-order valence-corrected chi connectivity index (χ0v) is 23.4. The van der Waals surface area contributed by atoms with Crippen molar-refractivity contribution in [2.75, 3.05) is 19.0 Å². The molecule has 0 spiro atoms. The minimum absolute atomic E-state index is 0.0274. The van der Waals surface area contributed by atoms with Crippen LogP contribution in [0.3, 0.4) is 0 Å². The molecule has 1 aliphatic heterocycles. The number of ketones is 1. The number of anilines is 1. The third-order valence-electron chi connectivity index (χ3n) is 7.32. The normalized spacial score (nSPS) is 16.4. The van der Waals surface area contributed by atoms with Gasteiger partial charge in [0, 0.05) is 43.3 Å². The first kappa shape index (κ1) is 25.0. The van der Waals surface area contributed by atoms with Gasteiger partial charge in [0.25, 0.3) is 0 Å². The predicted octanol–water partition coefficient (Wildman–Crippen LogP) is 5.64. The van der Waals surface area contributed by atoms with E-state index in [0.717, 1.165) is 27.5 Å². The Bertz CT molecular complexity index is 1810. The van der Waals surface area contributed by atoms with Crippen LogP contribution in [0.15, 0.2) is 42.9 Å².